The van der Waals surface area contributed by atoms with Gasteiger partial charge in [-0.2, -0.15) is 11.3 Å². The van der Waals surface area contributed by atoms with Gasteiger partial charge in [0.05, 0.1) is 23.1 Å². The number of carbonyl (C=O) groups is 1. The van der Waals surface area contributed by atoms with E-state index in [0.717, 1.165) is 5.56 Å². The molecule has 1 aliphatic rings. The van der Waals surface area contributed by atoms with Crippen LogP contribution in [-0.4, -0.2) is 20.1 Å². The van der Waals surface area contributed by atoms with Crippen molar-refractivity contribution in [2.24, 2.45) is 0 Å². The van der Waals surface area contributed by atoms with Crippen LogP contribution in [0.5, 0.6) is 0 Å². The molecule has 0 unspecified atom stereocenters. The van der Waals surface area contributed by atoms with Gasteiger partial charge in [-0.05, 0) is 40.4 Å². The van der Waals surface area contributed by atoms with Gasteiger partial charge in [0.2, 0.25) is 5.91 Å². The maximum Gasteiger partial charge on any atom is 0.224 e. The highest BCUT2D eigenvalue weighted by Crippen LogP contribution is 2.31. The summed E-state index contributed by atoms with van der Waals surface area (Å²) < 4.78 is 24.1. The van der Waals surface area contributed by atoms with E-state index in [-0.39, 0.29) is 17.7 Å². The first-order valence-corrected chi connectivity index (χ1v) is 9.28. The van der Waals surface area contributed by atoms with E-state index in [4.69, 9.17) is 0 Å². The first kappa shape index (κ1) is 14.3. The van der Waals surface area contributed by atoms with E-state index in [0.29, 0.717) is 23.3 Å². The van der Waals surface area contributed by atoms with Crippen molar-refractivity contribution in [1.29, 1.82) is 0 Å². The zero-order valence-corrected chi connectivity index (χ0v) is 12.9. The van der Waals surface area contributed by atoms with Crippen molar-refractivity contribution in [2.45, 2.75) is 23.8 Å². The first-order chi connectivity index (χ1) is 10.1. The van der Waals surface area contributed by atoms with Crippen LogP contribution >= 0.6 is 11.3 Å². The monoisotopic (exact) mass is 321 g/mol. The highest BCUT2D eigenvalue weighted by atomic mass is 32.2. The quantitative estimate of drug-likeness (QED) is 0.943. The topological polar surface area (TPSA) is 63.2 Å². The average Bonchev–Trinajstić information content (AvgIpc) is 2.95. The van der Waals surface area contributed by atoms with Crippen molar-refractivity contribution in [2.75, 3.05) is 5.75 Å². The molecule has 2 heterocycles. The SMILES string of the molecule is O=C(Cc1ccsc1)N[C@H]1CCS(=O)(=O)c2ccccc21. The number of fused-ring (bicyclic) bond motifs is 1. The van der Waals surface area contributed by atoms with E-state index in [1.165, 1.54) is 0 Å². The molecular weight excluding hydrogens is 306 g/mol. The van der Waals surface area contributed by atoms with Gasteiger partial charge in [-0.3, -0.25) is 4.79 Å². The zero-order chi connectivity index (χ0) is 14.9. The van der Waals surface area contributed by atoms with Gasteiger partial charge >= 0.3 is 0 Å². The van der Waals surface area contributed by atoms with Crippen molar-refractivity contribution in [3.63, 3.8) is 0 Å². The van der Waals surface area contributed by atoms with Gasteiger partial charge in [0.1, 0.15) is 0 Å². The highest BCUT2D eigenvalue weighted by Gasteiger charge is 2.30. The van der Waals surface area contributed by atoms with Crippen LogP contribution < -0.4 is 5.32 Å². The predicted molar refractivity (Wildman–Crippen MR) is 82.0 cm³/mol. The Labute approximate surface area is 127 Å². The molecule has 3 rings (SSSR count). The van der Waals surface area contributed by atoms with E-state index in [2.05, 4.69) is 5.32 Å². The Bertz CT molecular complexity index is 751. The van der Waals surface area contributed by atoms with Crippen LogP contribution in [0.2, 0.25) is 0 Å². The molecule has 0 saturated heterocycles. The third-order valence-corrected chi connectivity index (χ3v) is 6.13. The number of amides is 1. The van der Waals surface area contributed by atoms with Crippen molar-refractivity contribution in [1.82, 2.24) is 5.32 Å². The Morgan fingerprint density at radius 2 is 2.10 bits per heavy atom. The second kappa shape index (κ2) is 5.61. The summed E-state index contributed by atoms with van der Waals surface area (Å²) in [4.78, 5) is 12.4. The molecule has 110 valence electrons. The number of hydrogen-bond acceptors (Lipinski definition) is 4. The number of thiophene rings is 1. The fraction of sp³-hybridized carbons (Fsp3) is 0.267. The van der Waals surface area contributed by atoms with Gasteiger partial charge in [-0.25, -0.2) is 8.42 Å². The molecular formula is C15H15NO3S2. The maximum absolute atomic E-state index is 12.1. The summed E-state index contributed by atoms with van der Waals surface area (Å²) in [6, 6.07) is 8.60. The van der Waals surface area contributed by atoms with Crippen LogP contribution in [0.3, 0.4) is 0 Å². The number of nitrogens with one attached hydrogen (secondary N) is 1. The Morgan fingerprint density at radius 3 is 2.86 bits per heavy atom. The molecule has 0 fully saturated rings. The summed E-state index contributed by atoms with van der Waals surface area (Å²) in [5, 5.41) is 6.83. The van der Waals surface area contributed by atoms with Crippen LogP contribution in [0.25, 0.3) is 0 Å². The number of hydrogen-bond donors (Lipinski definition) is 1. The normalized spacial score (nSPS) is 19.7. The lowest BCUT2D eigenvalue weighted by Gasteiger charge is -2.26. The Balaban J connectivity index is 1.79. The molecule has 2 aromatic rings. The third kappa shape index (κ3) is 3.01. The fourth-order valence-corrected chi connectivity index (χ4v) is 4.85. The molecule has 1 aliphatic heterocycles. The minimum absolute atomic E-state index is 0.0764. The molecule has 1 amide bonds. The van der Waals surface area contributed by atoms with Crippen LogP contribution in [0, 0.1) is 0 Å². The van der Waals surface area contributed by atoms with Crippen LogP contribution in [0.4, 0.5) is 0 Å². The molecule has 0 spiro atoms. The molecule has 1 N–H and O–H groups in total. The second-order valence-electron chi connectivity index (χ2n) is 5.07. The average molecular weight is 321 g/mol. The molecule has 4 nitrogen and oxygen atoms in total. The molecule has 1 atom stereocenters. The lowest BCUT2D eigenvalue weighted by atomic mass is 10.0. The summed E-state index contributed by atoms with van der Waals surface area (Å²) in [7, 11) is -3.21. The molecule has 0 aliphatic carbocycles. The molecule has 1 aromatic heterocycles. The molecule has 6 heteroatoms. The molecule has 0 radical (unpaired) electrons. The van der Waals surface area contributed by atoms with Gasteiger partial charge < -0.3 is 5.32 Å². The summed E-state index contributed by atoms with van der Waals surface area (Å²) in [6.45, 7) is 0. The summed E-state index contributed by atoms with van der Waals surface area (Å²) in [6.07, 6.45) is 0.754. The molecule has 1 aromatic carbocycles. The highest BCUT2D eigenvalue weighted by molar-refractivity contribution is 7.91. The lowest BCUT2D eigenvalue weighted by molar-refractivity contribution is -0.121. The Kier molecular flexibility index (Phi) is 3.82. The number of carbonyl (C=O) groups excluding carboxylic acids is 1. The van der Waals surface area contributed by atoms with E-state index >= 15 is 0 Å². The summed E-state index contributed by atoms with van der Waals surface area (Å²) in [5.74, 6) is 0.000409. The zero-order valence-electron chi connectivity index (χ0n) is 11.3. The number of rotatable bonds is 3. The standard InChI is InChI=1S/C15H15NO3S2/c17-15(9-11-5-7-20-10-11)16-13-6-8-21(18,19)14-4-2-1-3-12(13)14/h1-5,7,10,13H,6,8-9H2,(H,16,17)/t13-/m0/s1. The molecule has 0 saturated carbocycles. The minimum Gasteiger partial charge on any atom is -0.349 e. The van der Waals surface area contributed by atoms with Crippen LogP contribution in [0.15, 0.2) is 46.0 Å². The predicted octanol–water partition coefficient (Wildman–Crippen LogP) is 2.33. The third-order valence-electron chi connectivity index (χ3n) is 3.58. The van der Waals surface area contributed by atoms with Gasteiger partial charge in [0.15, 0.2) is 9.84 Å². The summed E-state index contributed by atoms with van der Waals surface area (Å²) >= 11 is 1.56. The Hall–Kier alpha value is -1.66. The largest absolute Gasteiger partial charge is 0.349 e. The number of benzene rings is 1. The maximum atomic E-state index is 12.1. The van der Waals surface area contributed by atoms with E-state index < -0.39 is 9.84 Å². The van der Waals surface area contributed by atoms with Crippen molar-refractivity contribution in [3.8, 4) is 0 Å². The van der Waals surface area contributed by atoms with Crippen molar-refractivity contribution in [3.05, 3.63) is 52.2 Å². The van der Waals surface area contributed by atoms with Crippen molar-refractivity contribution >= 4 is 27.1 Å². The second-order valence-corrected chi connectivity index (χ2v) is 7.93. The first-order valence-electron chi connectivity index (χ1n) is 6.68. The van der Waals surface area contributed by atoms with Gasteiger partial charge in [0.25, 0.3) is 0 Å². The van der Waals surface area contributed by atoms with E-state index in [1.807, 2.05) is 16.8 Å². The lowest BCUT2D eigenvalue weighted by Crippen LogP contribution is -2.34. The van der Waals surface area contributed by atoms with Crippen LogP contribution in [-0.2, 0) is 21.1 Å². The van der Waals surface area contributed by atoms with Gasteiger partial charge in [-0.1, -0.05) is 18.2 Å². The van der Waals surface area contributed by atoms with Gasteiger partial charge in [0, 0.05) is 0 Å². The molecule has 21 heavy (non-hydrogen) atoms. The fourth-order valence-electron chi connectivity index (χ4n) is 2.56. The van der Waals surface area contributed by atoms with E-state index in [9.17, 15) is 13.2 Å². The molecule has 0 bridgehead atoms. The van der Waals surface area contributed by atoms with Gasteiger partial charge in [-0.15, -0.1) is 0 Å². The Morgan fingerprint density at radius 1 is 1.29 bits per heavy atom. The van der Waals surface area contributed by atoms with Crippen molar-refractivity contribution < 1.29 is 13.2 Å². The smallest absolute Gasteiger partial charge is 0.224 e. The summed E-state index contributed by atoms with van der Waals surface area (Å²) in [5.41, 5.74) is 1.68. The minimum atomic E-state index is -3.21. The van der Waals surface area contributed by atoms with Crippen LogP contribution in [0.1, 0.15) is 23.6 Å². The van der Waals surface area contributed by atoms with E-state index in [1.54, 1.807) is 35.6 Å². The number of sulfone groups is 1.